The molecule has 1 aliphatic carbocycles. The molecule has 0 aromatic heterocycles. The monoisotopic (exact) mass is 290 g/mol. The van der Waals surface area contributed by atoms with E-state index >= 15 is 0 Å². The van der Waals surface area contributed by atoms with Gasteiger partial charge in [-0.2, -0.15) is 0 Å². The lowest BCUT2D eigenvalue weighted by atomic mass is 9.77. The van der Waals surface area contributed by atoms with Gasteiger partial charge < -0.3 is 9.47 Å². The van der Waals surface area contributed by atoms with E-state index in [-0.39, 0.29) is 11.2 Å². The second-order valence-electron chi connectivity index (χ2n) is 6.76. The van der Waals surface area contributed by atoms with Gasteiger partial charge in [0, 0.05) is 17.8 Å². The van der Waals surface area contributed by atoms with Gasteiger partial charge in [-0.1, -0.05) is 64.4 Å². The molecule has 118 valence electrons. The van der Waals surface area contributed by atoms with Crippen molar-refractivity contribution in [2.24, 2.45) is 5.41 Å². The molecule has 0 amide bonds. The van der Waals surface area contributed by atoms with Crippen LogP contribution < -0.4 is 0 Å². The summed E-state index contributed by atoms with van der Waals surface area (Å²) >= 11 is 0. The molecule has 21 heavy (non-hydrogen) atoms. The van der Waals surface area contributed by atoms with E-state index in [9.17, 15) is 0 Å². The molecule has 2 nitrogen and oxygen atoms in total. The van der Waals surface area contributed by atoms with Crippen molar-refractivity contribution in [3.05, 3.63) is 35.9 Å². The lowest BCUT2D eigenvalue weighted by Gasteiger charge is -2.49. The van der Waals surface area contributed by atoms with Crippen molar-refractivity contribution < 1.29 is 9.47 Å². The van der Waals surface area contributed by atoms with Gasteiger partial charge in [-0.05, 0) is 18.4 Å². The molecule has 3 rings (SSSR count). The zero-order valence-corrected chi connectivity index (χ0v) is 14.0. The second-order valence-corrected chi connectivity index (χ2v) is 6.76. The molecule has 2 heteroatoms. The summed E-state index contributed by atoms with van der Waals surface area (Å²) in [4.78, 5) is 0. The Balaban J connectivity index is 0.000000774. The summed E-state index contributed by atoms with van der Waals surface area (Å²) in [5, 5.41) is 0. The molecule has 1 saturated carbocycles. The molecule has 1 aliphatic heterocycles. The second kappa shape index (κ2) is 6.93. The van der Waals surface area contributed by atoms with E-state index in [4.69, 9.17) is 9.47 Å². The first-order chi connectivity index (χ1) is 10.1. The maximum atomic E-state index is 6.27. The third-order valence-corrected chi connectivity index (χ3v) is 4.42. The van der Waals surface area contributed by atoms with Crippen LogP contribution in [0, 0.1) is 5.41 Å². The Morgan fingerprint density at radius 3 is 2.19 bits per heavy atom. The normalized spacial score (nSPS) is 26.8. The highest BCUT2D eigenvalue weighted by Gasteiger charge is 2.48. The van der Waals surface area contributed by atoms with E-state index in [0.717, 1.165) is 19.6 Å². The number of hydrogen-bond donors (Lipinski definition) is 0. The van der Waals surface area contributed by atoms with Gasteiger partial charge in [0.1, 0.15) is 0 Å². The number of benzene rings is 1. The maximum Gasteiger partial charge on any atom is 0.175 e. The minimum absolute atomic E-state index is 0.143. The van der Waals surface area contributed by atoms with Crippen molar-refractivity contribution in [1.29, 1.82) is 0 Å². The van der Waals surface area contributed by atoms with Crippen LogP contribution in [0.15, 0.2) is 30.3 Å². The first-order valence-electron chi connectivity index (χ1n) is 8.44. The number of rotatable bonds is 1. The minimum Gasteiger partial charge on any atom is -0.349 e. The van der Waals surface area contributed by atoms with E-state index in [2.05, 4.69) is 44.2 Å². The van der Waals surface area contributed by atoms with E-state index in [0.29, 0.717) is 5.92 Å². The zero-order chi connectivity index (χ0) is 15.3. The van der Waals surface area contributed by atoms with Gasteiger partial charge in [0.05, 0.1) is 13.2 Å². The van der Waals surface area contributed by atoms with Crippen LogP contribution in [0.4, 0.5) is 0 Å². The van der Waals surface area contributed by atoms with Crippen LogP contribution in [0.2, 0.25) is 0 Å². The topological polar surface area (TPSA) is 18.5 Å². The molecular formula is C19H30O2. The molecular weight excluding hydrogens is 260 g/mol. The van der Waals surface area contributed by atoms with E-state index in [1.54, 1.807) is 0 Å². The van der Waals surface area contributed by atoms with Gasteiger partial charge in [-0.15, -0.1) is 0 Å². The largest absolute Gasteiger partial charge is 0.349 e. The summed E-state index contributed by atoms with van der Waals surface area (Å²) in [7, 11) is 0. The first kappa shape index (κ1) is 16.5. The van der Waals surface area contributed by atoms with Gasteiger partial charge in [0.15, 0.2) is 5.79 Å². The number of hydrogen-bond acceptors (Lipinski definition) is 2. The Kier molecular flexibility index (Phi) is 5.45. The van der Waals surface area contributed by atoms with E-state index in [1.807, 2.05) is 13.8 Å². The highest BCUT2D eigenvalue weighted by atomic mass is 16.7. The van der Waals surface area contributed by atoms with Crippen LogP contribution in [0.3, 0.4) is 0 Å². The molecule has 1 atom stereocenters. The lowest BCUT2D eigenvalue weighted by Crippen LogP contribution is -2.52. The summed E-state index contributed by atoms with van der Waals surface area (Å²) in [5.41, 5.74) is 1.51. The van der Waals surface area contributed by atoms with Crippen LogP contribution in [-0.4, -0.2) is 19.0 Å². The standard InChI is InChI=1S/C17H24O2.C2H6/c1-16(2)12-18-17(19-13-16)11-7-6-10-15(17)14-8-4-3-5-9-14;1-2/h3-5,8-9,15H,6-7,10-13H2,1-2H3;1-2H3. The molecule has 1 unspecified atom stereocenters. The van der Waals surface area contributed by atoms with E-state index < -0.39 is 0 Å². The summed E-state index contributed by atoms with van der Waals surface area (Å²) in [6.07, 6.45) is 4.69. The molecule has 2 aliphatic rings. The smallest absolute Gasteiger partial charge is 0.175 e. The Bertz CT molecular complexity index is 414. The molecule has 1 heterocycles. The van der Waals surface area contributed by atoms with Gasteiger partial charge in [-0.3, -0.25) is 0 Å². The molecule has 0 bridgehead atoms. The van der Waals surface area contributed by atoms with Crippen molar-refractivity contribution >= 4 is 0 Å². The van der Waals surface area contributed by atoms with Crippen molar-refractivity contribution in [3.63, 3.8) is 0 Å². The third-order valence-electron chi connectivity index (χ3n) is 4.42. The zero-order valence-electron chi connectivity index (χ0n) is 14.0. The summed E-state index contributed by atoms with van der Waals surface area (Å²) in [6, 6.07) is 10.7. The van der Waals surface area contributed by atoms with Crippen LogP contribution in [0.25, 0.3) is 0 Å². The van der Waals surface area contributed by atoms with Gasteiger partial charge in [-0.25, -0.2) is 0 Å². The average Bonchev–Trinajstić information content (AvgIpc) is 2.54. The maximum absolute atomic E-state index is 6.27. The fourth-order valence-corrected chi connectivity index (χ4v) is 3.28. The fourth-order valence-electron chi connectivity index (χ4n) is 3.28. The molecule has 1 aromatic carbocycles. The van der Waals surface area contributed by atoms with Crippen LogP contribution >= 0.6 is 0 Å². The Hall–Kier alpha value is -0.860. The predicted molar refractivity (Wildman–Crippen MR) is 87.4 cm³/mol. The van der Waals surface area contributed by atoms with Crippen molar-refractivity contribution in [1.82, 2.24) is 0 Å². The molecule has 0 radical (unpaired) electrons. The Morgan fingerprint density at radius 2 is 1.57 bits per heavy atom. The SMILES string of the molecule is CC.CC1(C)COC2(CCCCC2c2ccccc2)OC1. The Morgan fingerprint density at radius 1 is 0.952 bits per heavy atom. The number of ether oxygens (including phenoxy) is 2. The quantitative estimate of drug-likeness (QED) is 0.713. The summed E-state index contributed by atoms with van der Waals surface area (Å²) < 4.78 is 12.5. The van der Waals surface area contributed by atoms with E-state index in [1.165, 1.54) is 24.8 Å². The van der Waals surface area contributed by atoms with Crippen molar-refractivity contribution in [3.8, 4) is 0 Å². The van der Waals surface area contributed by atoms with Crippen LogP contribution in [0.1, 0.15) is 64.9 Å². The highest BCUT2D eigenvalue weighted by Crippen LogP contribution is 2.47. The fraction of sp³-hybridized carbons (Fsp3) is 0.684. The van der Waals surface area contributed by atoms with Crippen LogP contribution in [0.5, 0.6) is 0 Å². The lowest BCUT2D eigenvalue weighted by molar-refractivity contribution is -0.318. The summed E-state index contributed by atoms with van der Waals surface area (Å²) in [6.45, 7) is 10.0. The molecule has 1 aromatic rings. The average molecular weight is 290 g/mol. The van der Waals surface area contributed by atoms with Crippen molar-refractivity contribution in [2.45, 2.75) is 65.1 Å². The van der Waals surface area contributed by atoms with Gasteiger partial charge >= 0.3 is 0 Å². The summed E-state index contributed by atoms with van der Waals surface area (Å²) in [5.74, 6) is 0.0216. The third kappa shape index (κ3) is 3.67. The molecule has 0 N–H and O–H groups in total. The van der Waals surface area contributed by atoms with Crippen molar-refractivity contribution in [2.75, 3.05) is 13.2 Å². The van der Waals surface area contributed by atoms with Crippen LogP contribution in [-0.2, 0) is 9.47 Å². The highest BCUT2D eigenvalue weighted by molar-refractivity contribution is 5.23. The predicted octanol–water partition coefficient (Wildman–Crippen LogP) is 5.14. The molecule has 2 fully saturated rings. The minimum atomic E-state index is -0.366. The Labute approximate surface area is 129 Å². The van der Waals surface area contributed by atoms with Gasteiger partial charge in [0.2, 0.25) is 0 Å². The molecule has 1 spiro atoms. The molecule has 1 saturated heterocycles. The first-order valence-corrected chi connectivity index (χ1v) is 8.44. The van der Waals surface area contributed by atoms with Gasteiger partial charge in [0.25, 0.3) is 0 Å².